The quantitative estimate of drug-likeness (QED) is 0.549. The Morgan fingerprint density at radius 1 is 1.43 bits per heavy atom. The Morgan fingerprint density at radius 2 is 2.14 bits per heavy atom. The van der Waals surface area contributed by atoms with E-state index in [1.54, 1.807) is 12.3 Å². The van der Waals surface area contributed by atoms with Gasteiger partial charge in [0.1, 0.15) is 6.29 Å². The van der Waals surface area contributed by atoms with Crippen molar-refractivity contribution in [3.05, 3.63) is 23.7 Å². The van der Waals surface area contributed by atoms with E-state index in [0.717, 1.165) is 31.1 Å². The third-order valence-corrected chi connectivity index (χ3v) is 1.54. The molecule has 0 N–H and O–H groups in total. The van der Waals surface area contributed by atoms with Gasteiger partial charge in [0.15, 0.2) is 12.0 Å². The third kappa shape index (κ3) is 6.17. The second kappa shape index (κ2) is 8.23. The van der Waals surface area contributed by atoms with E-state index in [1.165, 1.54) is 0 Å². The highest BCUT2D eigenvalue weighted by Gasteiger charge is 1.91. The summed E-state index contributed by atoms with van der Waals surface area (Å²) in [6.07, 6.45) is 6.10. The molecule has 3 heteroatoms. The Bertz CT molecular complexity index is 263. The maximum absolute atomic E-state index is 9.93. The first kappa shape index (κ1) is 12.6. The minimum atomic E-state index is 0.391. The maximum Gasteiger partial charge on any atom is 0.185 e. The van der Waals surface area contributed by atoms with E-state index < -0.39 is 0 Å². The molecular weight excluding hydrogens is 180 g/mol. The van der Waals surface area contributed by atoms with Gasteiger partial charge in [0, 0.05) is 6.42 Å². The fourth-order valence-corrected chi connectivity index (χ4v) is 0.803. The van der Waals surface area contributed by atoms with Gasteiger partial charge in [-0.1, -0.05) is 13.3 Å². The second-order valence-electron chi connectivity index (χ2n) is 2.95. The van der Waals surface area contributed by atoms with Gasteiger partial charge in [-0.05, 0) is 25.0 Å². The number of furan rings is 1. The molecule has 0 atom stereocenters. The van der Waals surface area contributed by atoms with Crippen LogP contribution >= 0.6 is 0 Å². The fraction of sp³-hybridized carbons (Fsp3) is 0.455. The molecule has 1 rings (SSSR count). The Hall–Kier alpha value is -1.38. The van der Waals surface area contributed by atoms with Gasteiger partial charge in [-0.3, -0.25) is 4.79 Å². The van der Waals surface area contributed by atoms with Crippen LogP contribution in [0.15, 0.2) is 16.7 Å². The first-order valence-electron chi connectivity index (χ1n) is 4.68. The number of carbonyl (C=O) groups excluding carboxylic acids is 2. The minimum absolute atomic E-state index is 0.391. The molecule has 0 amide bonds. The fourth-order valence-electron chi connectivity index (χ4n) is 0.803. The smallest absolute Gasteiger partial charge is 0.185 e. The van der Waals surface area contributed by atoms with Gasteiger partial charge in [0.2, 0.25) is 0 Å². The Kier molecular flexibility index (Phi) is 7.42. The van der Waals surface area contributed by atoms with Gasteiger partial charge in [-0.15, -0.1) is 0 Å². The average molecular weight is 196 g/mol. The molecule has 0 unspecified atom stereocenters. The van der Waals surface area contributed by atoms with Gasteiger partial charge in [-0.25, -0.2) is 0 Å². The Morgan fingerprint density at radius 3 is 2.36 bits per heavy atom. The Balaban J connectivity index is 0.000000255. The zero-order chi connectivity index (χ0) is 10.8. The molecule has 0 fully saturated rings. The van der Waals surface area contributed by atoms with Crippen LogP contribution in [0.1, 0.15) is 42.3 Å². The van der Waals surface area contributed by atoms with E-state index in [1.807, 2.05) is 6.92 Å². The van der Waals surface area contributed by atoms with Crippen molar-refractivity contribution in [1.82, 2.24) is 0 Å². The van der Waals surface area contributed by atoms with E-state index in [2.05, 4.69) is 6.92 Å². The molecule has 0 aromatic carbocycles. The van der Waals surface area contributed by atoms with Crippen LogP contribution in [0.3, 0.4) is 0 Å². The number of aldehydes is 2. The lowest BCUT2D eigenvalue weighted by Gasteiger charge is -1.79. The molecular formula is C11H16O3. The van der Waals surface area contributed by atoms with Gasteiger partial charge in [-0.2, -0.15) is 0 Å². The average Bonchev–Trinajstić information content (AvgIpc) is 2.62. The summed E-state index contributed by atoms with van der Waals surface area (Å²) in [5.41, 5.74) is 0.979. The van der Waals surface area contributed by atoms with Crippen LogP contribution in [0.5, 0.6) is 0 Å². The molecule has 3 nitrogen and oxygen atoms in total. The van der Waals surface area contributed by atoms with Crippen LogP contribution in [0, 0.1) is 6.92 Å². The summed E-state index contributed by atoms with van der Waals surface area (Å²) in [7, 11) is 0. The minimum Gasteiger partial charge on any atom is -0.461 e. The van der Waals surface area contributed by atoms with E-state index in [4.69, 9.17) is 4.42 Å². The van der Waals surface area contributed by atoms with Crippen molar-refractivity contribution >= 4 is 12.6 Å². The summed E-state index contributed by atoms with van der Waals surface area (Å²) < 4.78 is 4.75. The summed E-state index contributed by atoms with van der Waals surface area (Å²) in [4.78, 5) is 19.5. The van der Waals surface area contributed by atoms with Crippen LogP contribution in [0.25, 0.3) is 0 Å². The van der Waals surface area contributed by atoms with E-state index in [9.17, 15) is 9.59 Å². The monoisotopic (exact) mass is 196 g/mol. The van der Waals surface area contributed by atoms with Gasteiger partial charge in [0.25, 0.3) is 0 Å². The zero-order valence-corrected chi connectivity index (χ0v) is 8.66. The molecule has 1 heterocycles. The first-order valence-corrected chi connectivity index (χ1v) is 4.68. The lowest BCUT2D eigenvalue weighted by Crippen LogP contribution is -1.70. The van der Waals surface area contributed by atoms with Crippen molar-refractivity contribution in [3.8, 4) is 0 Å². The SMILES string of the molecule is CCCCC=O.Cc1coc(C=O)c1. The predicted molar refractivity (Wildman–Crippen MR) is 54.4 cm³/mol. The highest BCUT2D eigenvalue weighted by atomic mass is 16.3. The summed E-state index contributed by atoms with van der Waals surface area (Å²) in [5.74, 6) is 0.391. The summed E-state index contributed by atoms with van der Waals surface area (Å²) >= 11 is 0. The molecule has 0 aliphatic heterocycles. The molecule has 0 saturated heterocycles. The van der Waals surface area contributed by atoms with Crippen LogP contribution in [0.4, 0.5) is 0 Å². The largest absolute Gasteiger partial charge is 0.461 e. The molecule has 0 saturated carbocycles. The summed E-state index contributed by atoms with van der Waals surface area (Å²) in [6.45, 7) is 3.94. The van der Waals surface area contributed by atoms with Crippen molar-refractivity contribution in [2.24, 2.45) is 0 Å². The van der Waals surface area contributed by atoms with E-state index in [-0.39, 0.29) is 0 Å². The normalized spacial score (nSPS) is 8.71. The highest BCUT2D eigenvalue weighted by Crippen LogP contribution is 2.01. The predicted octanol–water partition coefficient (Wildman–Crippen LogP) is 2.78. The second-order valence-corrected chi connectivity index (χ2v) is 2.95. The van der Waals surface area contributed by atoms with Gasteiger partial charge < -0.3 is 9.21 Å². The molecule has 1 aromatic rings. The lowest BCUT2D eigenvalue weighted by molar-refractivity contribution is -0.107. The number of rotatable bonds is 4. The number of hydrogen-bond acceptors (Lipinski definition) is 3. The number of aryl methyl sites for hydroxylation is 1. The zero-order valence-electron chi connectivity index (χ0n) is 8.66. The summed E-state index contributed by atoms with van der Waals surface area (Å²) in [5, 5.41) is 0. The van der Waals surface area contributed by atoms with E-state index >= 15 is 0 Å². The van der Waals surface area contributed by atoms with Crippen LogP contribution in [-0.2, 0) is 4.79 Å². The van der Waals surface area contributed by atoms with Gasteiger partial charge in [0.05, 0.1) is 6.26 Å². The van der Waals surface area contributed by atoms with Crippen LogP contribution < -0.4 is 0 Å². The molecule has 0 aliphatic rings. The first-order chi connectivity index (χ1) is 6.74. The van der Waals surface area contributed by atoms with Crippen molar-refractivity contribution < 1.29 is 14.0 Å². The van der Waals surface area contributed by atoms with E-state index in [0.29, 0.717) is 12.0 Å². The summed E-state index contributed by atoms with van der Waals surface area (Å²) in [6, 6.07) is 1.69. The molecule has 0 spiro atoms. The third-order valence-electron chi connectivity index (χ3n) is 1.54. The molecule has 78 valence electrons. The van der Waals surface area contributed by atoms with Crippen molar-refractivity contribution in [2.45, 2.75) is 33.1 Å². The van der Waals surface area contributed by atoms with Crippen molar-refractivity contribution in [3.63, 3.8) is 0 Å². The molecule has 0 aliphatic carbocycles. The van der Waals surface area contributed by atoms with Crippen molar-refractivity contribution in [1.29, 1.82) is 0 Å². The number of unbranched alkanes of at least 4 members (excludes halogenated alkanes) is 2. The number of hydrogen-bond donors (Lipinski definition) is 0. The van der Waals surface area contributed by atoms with Crippen molar-refractivity contribution in [2.75, 3.05) is 0 Å². The molecule has 0 radical (unpaired) electrons. The van der Waals surface area contributed by atoms with Crippen LogP contribution in [0.2, 0.25) is 0 Å². The maximum atomic E-state index is 9.93. The molecule has 0 bridgehead atoms. The highest BCUT2D eigenvalue weighted by molar-refractivity contribution is 5.70. The molecule has 14 heavy (non-hydrogen) atoms. The lowest BCUT2D eigenvalue weighted by atomic mass is 10.3. The van der Waals surface area contributed by atoms with Gasteiger partial charge >= 0.3 is 0 Å². The Labute approximate surface area is 84.1 Å². The molecule has 1 aromatic heterocycles. The topological polar surface area (TPSA) is 47.3 Å². The number of carbonyl (C=O) groups is 2. The van der Waals surface area contributed by atoms with Crippen LogP contribution in [-0.4, -0.2) is 12.6 Å². The standard InChI is InChI=1S/C6H6O2.C5H10O/c1-5-2-6(3-7)8-4-5;1-2-3-4-5-6/h2-4H,1H3;5H,2-4H2,1H3.